The molecule has 10 nitrogen and oxygen atoms in total. The molecule has 0 saturated carbocycles. The molecule has 0 aliphatic carbocycles. The zero-order valence-electron chi connectivity index (χ0n) is 41.5. The van der Waals surface area contributed by atoms with Gasteiger partial charge in [0.1, 0.15) is 12.2 Å². The number of carbonyl (C=O) groups is 4. The summed E-state index contributed by atoms with van der Waals surface area (Å²) >= 11 is 0. The summed E-state index contributed by atoms with van der Waals surface area (Å²) in [6, 6.07) is 0. The zero-order chi connectivity index (χ0) is 46.3. The lowest BCUT2D eigenvalue weighted by molar-refractivity contribution is -0.150. The molecule has 0 aliphatic rings. The minimum absolute atomic E-state index is 0.0634. The number of carbonyl (C=O) groups excluding carboxylic acids is 2. The van der Waals surface area contributed by atoms with Crippen LogP contribution < -0.4 is 0 Å². The molecule has 0 heterocycles. The van der Waals surface area contributed by atoms with E-state index in [2.05, 4.69) is 11.8 Å². The Morgan fingerprint density at radius 3 is 1.05 bits per heavy atom. The largest absolute Gasteiger partial charge is 0.508 e. The van der Waals surface area contributed by atoms with Gasteiger partial charge in [0.05, 0.1) is 6.61 Å². The van der Waals surface area contributed by atoms with Gasteiger partial charge in [0, 0.05) is 25.8 Å². The molecule has 63 heavy (non-hydrogen) atoms. The average molecular weight is 896 g/mol. The van der Waals surface area contributed by atoms with Gasteiger partial charge < -0.3 is 29.3 Å². The summed E-state index contributed by atoms with van der Waals surface area (Å²) in [5.41, 5.74) is 0. The number of aliphatic carboxylic acids is 2. The monoisotopic (exact) mass is 896 g/mol. The minimum atomic E-state index is -0.691. The molecule has 0 bridgehead atoms. The highest BCUT2D eigenvalue weighted by Crippen LogP contribution is 2.21. The predicted octanol–water partition coefficient (Wildman–Crippen LogP) is 15.6. The first-order valence-corrected chi connectivity index (χ1v) is 26.7. The van der Waals surface area contributed by atoms with Crippen molar-refractivity contribution in [3.05, 3.63) is 0 Å². The molecule has 0 radical (unpaired) electrons. The molecule has 1 unspecified atom stereocenters. The predicted molar refractivity (Wildman–Crippen MR) is 260 cm³/mol. The molecule has 0 fully saturated rings. The Bertz CT molecular complexity index is 996. The Hall–Kier alpha value is -2.36. The van der Waals surface area contributed by atoms with Crippen molar-refractivity contribution in [1.82, 2.24) is 4.90 Å². The Kier molecular flexibility index (Phi) is 45.8. The number of carboxylic acids is 2. The van der Waals surface area contributed by atoms with Crippen LogP contribution in [0.4, 0.5) is 4.79 Å². The van der Waals surface area contributed by atoms with Crippen LogP contribution in [0, 0.1) is 0 Å². The van der Waals surface area contributed by atoms with Crippen molar-refractivity contribution in [2.75, 3.05) is 27.2 Å². The molecule has 0 aromatic carbocycles. The molecule has 0 rings (SSSR count). The zero-order valence-corrected chi connectivity index (χ0v) is 41.5. The first kappa shape index (κ1) is 60.6. The van der Waals surface area contributed by atoms with Crippen LogP contribution in [0.1, 0.15) is 277 Å². The van der Waals surface area contributed by atoms with Crippen LogP contribution in [0.2, 0.25) is 0 Å². The molecular weight excluding hydrogens is 795 g/mol. The first-order chi connectivity index (χ1) is 30.6. The summed E-state index contributed by atoms with van der Waals surface area (Å²) in [5, 5.41) is 17.5. The van der Waals surface area contributed by atoms with E-state index in [-0.39, 0.29) is 24.6 Å². The normalized spacial score (nSPS) is 12.0. The van der Waals surface area contributed by atoms with Gasteiger partial charge in [0.15, 0.2) is 0 Å². The van der Waals surface area contributed by atoms with Crippen molar-refractivity contribution >= 4 is 24.1 Å². The molecule has 0 spiro atoms. The Balaban J connectivity index is 4.81. The molecule has 0 saturated heterocycles. The SMILES string of the molecule is CCCCCCCCCCCCC(CCC(=O)OC(CCCCCCCCCCCCCCC(=O)O)CCCCCCCCCCCCCCC(=O)O)OC(=O)OCCCN(C)C. The van der Waals surface area contributed by atoms with E-state index in [1.54, 1.807) is 0 Å². The molecule has 1 atom stereocenters. The van der Waals surface area contributed by atoms with Gasteiger partial charge in [-0.3, -0.25) is 14.4 Å². The van der Waals surface area contributed by atoms with Gasteiger partial charge in [0.2, 0.25) is 0 Å². The third-order valence-electron chi connectivity index (χ3n) is 12.4. The van der Waals surface area contributed by atoms with Crippen LogP contribution in [-0.4, -0.2) is 78.6 Å². The smallest absolute Gasteiger partial charge is 0.481 e. The first-order valence-electron chi connectivity index (χ1n) is 26.7. The Labute approximate surface area is 387 Å². The molecule has 0 amide bonds. The molecule has 0 aromatic rings. The number of esters is 1. The third-order valence-corrected chi connectivity index (χ3v) is 12.4. The molecule has 372 valence electrons. The van der Waals surface area contributed by atoms with Crippen molar-refractivity contribution in [2.24, 2.45) is 0 Å². The number of carboxylic acid groups (broad SMARTS) is 2. The van der Waals surface area contributed by atoms with Crippen LogP contribution in [0.25, 0.3) is 0 Å². The lowest BCUT2D eigenvalue weighted by Gasteiger charge is -2.20. The number of ether oxygens (including phenoxy) is 3. The maximum atomic E-state index is 13.3. The fourth-order valence-electron chi connectivity index (χ4n) is 8.45. The Morgan fingerprint density at radius 1 is 0.397 bits per heavy atom. The second kappa shape index (κ2) is 47.6. The highest BCUT2D eigenvalue weighted by Gasteiger charge is 2.20. The number of unbranched alkanes of at least 4 members (excludes halogenated alkanes) is 31. The van der Waals surface area contributed by atoms with Crippen molar-refractivity contribution in [3.8, 4) is 0 Å². The molecule has 0 aliphatic heterocycles. The quantitative estimate of drug-likeness (QED) is 0.0448. The highest BCUT2D eigenvalue weighted by atomic mass is 16.7. The second-order valence-corrected chi connectivity index (χ2v) is 19.0. The number of nitrogens with zero attached hydrogens (tertiary/aromatic N) is 1. The van der Waals surface area contributed by atoms with E-state index < -0.39 is 18.1 Å². The summed E-state index contributed by atoms with van der Waals surface area (Å²) in [7, 11) is 4.00. The van der Waals surface area contributed by atoms with E-state index in [0.29, 0.717) is 25.9 Å². The van der Waals surface area contributed by atoms with Gasteiger partial charge in [-0.1, -0.05) is 193 Å². The molecular formula is C53H101NO9. The summed E-state index contributed by atoms with van der Waals surface area (Å²) in [5.74, 6) is -1.56. The van der Waals surface area contributed by atoms with Gasteiger partial charge in [-0.05, 0) is 78.3 Å². The Morgan fingerprint density at radius 2 is 0.714 bits per heavy atom. The minimum Gasteiger partial charge on any atom is -0.481 e. The average Bonchev–Trinajstić information content (AvgIpc) is 3.24. The second-order valence-electron chi connectivity index (χ2n) is 19.0. The number of rotatable bonds is 50. The molecule has 0 aromatic heterocycles. The van der Waals surface area contributed by atoms with E-state index in [1.807, 2.05) is 14.1 Å². The summed E-state index contributed by atoms with van der Waals surface area (Å²) in [6.45, 7) is 3.41. The van der Waals surface area contributed by atoms with E-state index in [9.17, 15) is 19.2 Å². The van der Waals surface area contributed by atoms with Gasteiger partial charge in [0.25, 0.3) is 0 Å². The van der Waals surface area contributed by atoms with Crippen molar-refractivity contribution in [1.29, 1.82) is 0 Å². The number of hydrogen-bond acceptors (Lipinski definition) is 8. The van der Waals surface area contributed by atoms with Crippen LogP contribution in [-0.2, 0) is 28.6 Å². The van der Waals surface area contributed by atoms with Gasteiger partial charge in [-0.15, -0.1) is 0 Å². The highest BCUT2D eigenvalue weighted by molar-refractivity contribution is 5.69. The maximum absolute atomic E-state index is 13.3. The lowest BCUT2D eigenvalue weighted by Crippen LogP contribution is -2.23. The van der Waals surface area contributed by atoms with Crippen molar-refractivity contribution < 1.29 is 43.6 Å². The van der Waals surface area contributed by atoms with E-state index in [0.717, 1.165) is 109 Å². The van der Waals surface area contributed by atoms with Crippen LogP contribution in [0.5, 0.6) is 0 Å². The summed E-state index contributed by atoms with van der Waals surface area (Å²) in [4.78, 5) is 49.4. The standard InChI is InChI=1S/C53H101NO9/c1-4-5-6-7-8-9-18-25-30-35-41-49(63-53(60)61-47-38-46-54(2)3)44-45-52(59)62-48(39-33-28-23-19-14-10-12-16-21-26-31-36-42-50(55)56)40-34-29-24-20-15-11-13-17-22-27-32-37-43-51(57)58/h48-49H,4-47H2,1-3H3,(H,55,56)(H,57,58). The third kappa shape index (κ3) is 48.9. The molecule has 2 N–H and O–H groups in total. The maximum Gasteiger partial charge on any atom is 0.508 e. The van der Waals surface area contributed by atoms with Crippen LogP contribution >= 0.6 is 0 Å². The summed E-state index contributed by atoms with van der Waals surface area (Å²) < 4.78 is 17.4. The van der Waals surface area contributed by atoms with Gasteiger partial charge in [-0.25, -0.2) is 4.79 Å². The fraction of sp³-hybridized carbons (Fsp3) is 0.925. The van der Waals surface area contributed by atoms with Crippen LogP contribution in [0.3, 0.4) is 0 Å². The lowest BCUT2D eigenvalue weighted by atomic mass is 10.0. The molecule has 10 heteroatoms. The van der Waals surface area contributed by atoms with Crippen LogP contribution in [0.15, 0.2) is 0 Å². The van der Waals surface area contributed by atoms with E-state index in [4.69, 9.17) is 24.4 Å². The van der Waals surface area contributed by atoms with Gasteiger partial charge in [-0.2, -0.15) is 0 Å². The fourth-order valence-corrected chi connectivity index (χ4v) is 8.45. The topological polar surface area (TPSA) is 140 Å². The van der Waals surface area contributed by atoms with E-state index >= 15 is 0 Å². The summed E-state index contributed by atoms with van der Waals surface area (Å²) in [6.07, 6.45) is 43.7. The van der Waals surface area contributed by atoms with Gasteiger partial charge >= 0.3 is 24.1 Å². The van der Waals surface area contributed by atoms with Crippen molar-refractivity contribution in [3.63, 3.8) is 0 Å². The number of hydrogen-bond donors (Lipinski definition) is 2. The van der Waals surface area contributed by atoms with Crippen molar-refractivity contribution in [2.45, 2.75) is 289 Å². The van der Waals surface area contributed by atoms with E-state index in [1.165, 1.54) is 141 Å².